The second kappa shape index (κ2) is 5.69. The quantitative estimate of drug-likeness (QED) is 0.427. The van der Waals surface area contributed by atoms with Crippen LogP contribution >= 0.6 is 0 Å². The van der Waals surface area contributed by atoms with E-state index in [1.165, 1.54) is 0 Å². The average Bonchev–Trinajstić information content (AvgIpc) is 3.15. The van der Waals surface area contributed by atoms with E-state index in [4.69, 9.17) is 9.47 Å². The second-order valence-corrected chi connectivity index (χ2v) is 6.64. The van der Waals surface area contributed by atoms with Crippen molar-refractivity contribution < 1.29 is 19.1 Å². The molecular formula is C17H25NO4. The number of fused-ring (bicyclic) bond motifs is 1. The monoisotopic (exact) mass is 307 g/mol. The maximum Gasteiger partial charge on any atom is 0.312 e. The second-order valence-electron chi connectivity index (χ2n) is 6.64. The van der Waals surface area contributed by atoms with Crippen LogP contribution in [0.25, 0.3) is 0 Å². The minimum atomic E-state index is -0.611. The maximum atomic E-state index is 12.8. The summed E-state index contributed by atoms with van der Waals surface area (Å²) in [4.78, 5) is 27.1. The third kappa shape index (κ3) is 2.18. The van der Waals surface area contributed by atoms with Gasteiger partial charge in [-0.25, -0.2) is 0 Å². The number of hydrogen-bond donors (Lipinski definition) is 0. The van der Waals surface area contributed by atoms with Crippen molar-refractivity contribution in [3.05, 3.63) is 12.2 Å². The molecule has 2 fully saturated rings. The number of unbranched alkanes of at least 4 members (excludes halogenated alkanes) is 1. The lowest BCUT2D eigenvalue weighted by Crippen LogP contribution is -2.41. The Labute approximate surface area is 131 Å². The molecule has 2 saturated heterocycles. The van der Waals surface area contributed by atoms with E-state index in [9.17, 15) is 9.59 Å². The molecule has 0 radical (unpaired) electrons. The summed E-state index contributed by atoms with van der Waals surface area (Å²) in [5.74, 6) is -1.14. The molecule has 2 bridgehead atoms. The highest BCUT2D eigenvalue weighted by molar-refractivity contribution is 5.91. The lowest BCUT2D eigenvalue weighted by molar-refractivity contribution is -0.154. The molecule has 3 aliphatic rings. The fourth-order valence-electron chi connectivity index (χ4n) is 3.80. The fraction of sp³-hybridized carbons (Fsp3) is 0.765. The van der Waals surface area contributed by atoms with E-state index in [2.05, 4.69) is 13.8 Å². The minimum absolute atomic E-state index is 0.0404. The first kappa shape index (κ1) is 15.5. The number of rotatable bonds is 6. The predicted octanol–water partition coefficient (Wildman–Crippen LogP) is 1.91. The molecule has 5 atom stereocenters. The summed E-state index contributed by atoms with van der Waals surface area (Å²) < 4.78 is 11.4. The van der Waals surface area contributed by atoms with E-state index in [0.29, 0.717) is 13.2 Å². The van der Waals surface area contributed by atoms with Crippen molar-refractivity contribution in [1.82, 2.24) is 4.90 Å². The molecule has 5 heteroatoms. The molecule has 0 aromatic carbocycles. The number of likely N-dealkylation sites (tertiary alicyclic amines) is 1. The number of nitrogens with zero attached hydrogens (tertiary/aromatic N) is 1. The van der Waals surface area contributed by atoms with Gasteiger partial charge in [0.1, 0.15) is 11.5 Å². The lowest BCUT2D eigenvalue weighted by atomic mass is 9.77. The van der Waals surface area contributed by atoms with Crippen LogP contribution in [0.4, 0.5) is 0 Å². The Morgan fingerprint density at radius 1 is 1.55 bits per heavy atom. The Morgan fingerprint density at radius 3 is 3.00 bits per heavy atom. The van der Waals surface area contributed by atoms with Crippen LogP contribution in [-0.2, 0) is 19.1 Å². The van der Waals surface area contributed by atoms with Gasteiger partial charge in [0.2, 0.25) is 5.91 Å². The molecule has 0 N–H and O–H groups in total. The first-order valence-electron chi connectivity index (χ1n) is 8.38. The van der Waals surface area contributed by atoms with E-state index < -0.39 is 17.4 Å². The number of ether oxygens (including phenoxy) is 2. The molecular weight excluding hydrogens is 282 g/mol. The van der Waals surface area contributed by atoms with Crippen LogP contribution in [0.3, 0.4) is 0 Å². The number of carbonyl (C=O) groups excluding carboxylic acids is 2. The Kier molecular flexibility index (Phi) is 4.02. The van der Waals surface area contributed by atoms with Crippen molar-refractivity contribution in [2.75, 3.05) is 13.2 Å². The zero-order valence-corrected chi connectivity index (χ0v) is 13.6. The van der Waals surface area contributed by atoms with Crippen LogP contribution in [0, 0.1) is 11.8 Å². The molecule has 1 spiro atoms. The molecule has 0 saturated carbocycles. The molecule has 3 rings (SSSR count). The predicted molar refractivity (Wildman–Crippen MR) is 81.1 cm³/mol. The van der Waals surface area contributed by atoms with Gasteiger partial charge in [0.15, 0.2) is 0 Å². The van der Waals surface area contributed by atoms with E-state index in [1.54, 1.807) is 0 Å². The van der Waals surface area contributed by atoms with E-state index in [-0.39, 0.29) is 24.0 Å². The van der Waals surface area contributed by atoms with Crippen molar-refractivity contribution in [3.63, 3.8) is 0 Å². The maximum absolute atomic E-state index is 12.8. The van der Waals surface area contributed by atoms with E-state index in [1.807, 2.05) is 24.0 Å². The molecule has 5 nitrogen and oxygen atoms in total. The molecule has 0 aromatic rings. The topological polar surface area (TPSA) is 55.8 Å². The Hall–Kier alpha value is -1.36. The summed E-state index contributed by atoms with van der Waals surface area (Å²) in [7, 11) is 0. The minimum Gasteiger partial charge on any atom is -0.465 e. The van der Waals surface area contributed by atoms with Gasteiger partial charge in [0.25, 0.3) is 0 Å². The van der Waals surface area contributed by atoms with Crippen molar-refractivity contribution in [2.45, 2.75) is 57.8 Å². The fourth-order valence-corrected chi connectivity index (χ4v) is 3.80. The number of amides is 1. The normalized spacial score (nSPS) is 36.8. The SMILES string of the molecule is CCCCOC(=O)C1[C@H]2C(=O)N(C(C)CC)C[C@]23C=C[C@H]1O3. The highest BCUT2D eigenvalue weighted by Crippen LogP contribution is 2.52. The van der Waals surface area contributed by atoms with Gasteiger partial charge < -0.3 is 14.4 Å². The summed E-state index contributed by atoms with van der Waals surface area (Å²) in [5.41, 5.74) is -0.611. The number of hydrogen-bond acceptors (Lipinski definition) is 4. The molecule has 22 heavy (non-hydrogen) atoms. The molecule has 122 valence electrons. The van der Waals surface area contributed by atoms with Gasteiger partial charge in [-0.05, 0) is 19.8 Å². The number of carbonyl (C=O) groups is 2. The molecule has 3 aliphatic heterocycles. The van der Waals surface area contributed by atoms with Crippen LogP contribution in [0.5, 0.6) is 0 Å². The van der Waals surface area contributed by atoms with Crippen LogP contribution in [-0.4, -0.2) is 47.7 Å². The van der Waals surface area contributed by atoms with Gasteiger partial charge in [-0.2, -0.15) is 0 Å². The molecule has 3 heterocycles. The zero-order valence-electron chi connectivity index (χ0n) is 13.6. The zero-order chi connectivity index (χ0) is 15.9. The van der Waals surface area contributed by atoms with Gasteiger partial charge in [0, 0.05) is 6.04 Å². The summed E-state index contributed by atoms with van der Waals surface area (Å²) in [6.07, 6.45) is 6.33. The summed E-state index contributed by atoms with van der Waals surface area (Å²) >= 11 is 0. The van der Waals surface area contributed by atoms with Crippen LogP contribution in [0.2, 0.25) is 0 Å². The Morgan fingerprint density at radius 2 is 2.32 bits per heavy atom. The van der Waals surface area contributed by atoms with Crippen LogP contribution in [0.15, 0.2) is 12.2 Å². The molecule has 1 amide bonds. The highest BCUT2D eigenvalue weighted by atomic mass is 16.6. The van der Waals surface area contributed by atoms with Gasteiger partial charge in [0.05, 0.1) is 25.2 Å². The molecule has 0 aromatic heterocycles. The third-order valence-corrected chi connectivity index (χ3v) is 5.27. The summed E-state index contributed by atoms with van der Waals surface area (Å²) in [6.45, 7) is 7.13. The smallest absolute Gasteiger partial charge is 0.312 e. The third-order valence-electron chi connectivity index (χ3n) is 5.27. The first-order chi connectivity index (χ1) is 10.5. The standard InChI is InChI=1S/C17H25NO4/c1-4-6-9-21-16(20)13-12-7-8-17(22-12)10-18(11(3)5-2)15(19)14(13)17/h7-8,11-14H,4-6,9-10H2,1-3H3/t11?,12-,13?,14+,17-/m1/s1. The Bertz CT molecular complexity index is 503. The van der Waals surface area contributed by atoms with Crippen LogP contribution < -0.4 is 0 Å². The average molecular weight is 307 g/mol. The lowest BCUT2D eigenvalue weighted by Gasteiger charge is -2.26. The number of esters is 1. The van der Waals surface area contributed by atoms with Crippen molar-refractivity contribution in [2.24, 2.45) is 11.8 Å². The van der Waals surface area contributed by atoms with Crippen molar-refractivity contribution in [3.8, 4) is 0 Å². The van der Waals surface area contributed by atoms with E-state index in [0.717, 1.165) is 19.3 Å². The summed E-state index contributed by atoms with van der Waals surface area (Å²) in [5, 5.41) is 0. The van der Waals surface area contributed by atoms with Crippen molar-refractivity contribution in [1.29, 1.82) is 0 Å². The largest absolute Gasteiger partial charge is 0.465 e. The first-order valence-corrected chi connectivity index (χ1v) is 8.38. The van der Waals surface area contributed by atoms with E-state index >= 15 is 0 Å². The molecule has 2 unspecified atom stereocenters. The van der Waals surface area contributed by atoms with Gasteiger partial charge in [-0.3, -0.25) is 9.59 Å². The summed E-state index contributed by atoms with van der Waals surface area (Å²) in [6, 6.07) is 0.167. The van der Waals surface area contributed by atoms with Gasteiger partial charge in [-0.1, -0.05) is 32.4 Å². The van der Waals surface area contributed by atoms with Gasteiger partial charge in [-0.15, -0.1) is 0 Å². The van der Waals surface area contributed by atoms with Crippen LogP contribution in [0.1, 0.15) is 40.0 Å². The van der Waals surface area contributed by atoms with Gasteiger partial charge >= 0.3 is 5.97 Å². The van der Waals surface area contributed by atoms with Crippen molar-refractivity contribution >= 4 is 11.9 Å². The Balaban J connectivity index is 1.79. The molecule has 0 aliphatic carbocycles. The highest BCUT2D eigenvalue weighted by Gasteiger charge is 2.67.